The smallest absolute Gasteiger partial charge is 0.270 e. The van der Waals surface area contributed by atoms with Crippen molar-refractivity contribution in [3.63, 3.8) is 0 Å². The van der Waals surface area contributed by atoms with E-state index >= 15 is 0 Å². The molecule has 41 heavy (non-hydrogen) atoms. The maximum absolute atomic E-state index is 12.1. The largest absolute Gasteiger partial charge is 2.00 e. The standard InChI is InChI=1S/C36H74O3S.Ba/c1-3-5-7-9-11-13-15-17-19-21-23-25-27-29-31-33-35-39-40(37,38)36-34-32-30-28-26-24-22-20-18-16-14-12-10-8-6-4-2;/h3-36H2,1-2H3;/q;+2. The molecule has 0 aromatic heterocycles. The minimum absolute atomic E-state index is 0. The molecule has 0 aliphatic rings. The minimum Gasteiger partial charge on any atom is -0.270 e. The molecule has 0 bridgehead atoms. The third kappa shape index (κ3) is 39.5. The van der Waals surface area contributed by atoms with Gasteiger partial charge in [-0.25, -0.2) is 0 Å². The number of hydrogen-bond donors (Lipinski definition) is 0. The first kappa shape index (κ1) is 44.6. The van der Waals surface area contributed by atoms with Crippen molar-refractivity contribution in [2.75, 3.05) is 12.4 Å². The molecule has 0 heterocycles. The molecule has 242 valence electrons. The molecule has 0 unspecified atom stereocenters. The van der Waals surface area contributed by atoms with Crippen LogP contribution in [0.25, 0.3) is 0 Å². The fraction of sp³-hybridized carbons (Fsp3) is 1.00. The van der Waals surface area contributed by atoms with Crippen LogP contribution in [-0.2, 0) is 14.3 Å². The van der Waals surface area contributed by atoms with E-state index in [-0.39, 0.29) is 54.6 Å². The fourth-order valence-corrected chi connectivity index (χ4v) is 6.77. The Bertz CT molecular complexity index is 567. The van der Waals surface area contributed by atoms with Crippen LogP contribution < -0.4 is 0 Å². The number of unbranched alkanes of at least 4 members (excludes halogenated alkanes) is 30. The van der Waals surface area contributed by atoms with E-state index < -0.39 is 10.1 Å². The average Bonchev–Trinajstić information content (AvgIpc) is 2.94. The van der Waals surface area contributed by atoms with Gasteiger partial charge in [0.05, 0.1) is 12.4 Å². The van der Waals surface area contributed by atoms with Crippen molar-refractivity contribution in [2.24, 2.45) is 0 Å². The SMILES string of the molecule is CCCCCCCCCCCCCCCCCCOS(=O)(=O)CCCCCCCCCCCCCCCCCC.[Ba+2]. The summed E-state index contributed by atoms with van der Waals surface area (Å²) >= 11 is 0. The summed E-state index contributed by atoms with van der Waals surface area (Å²) < 4.78 is 29.5. The molecular weight excluding hydrogens is 650 g/mol. The van der Waals surface area contributed by atoms with E-state index in [0.717, 1.165) is 32.1 Å². The Morgan fingerprint density at radius 3 is 0.829 bits per heavy atom. The van der Waals surface area contributed by atoms with E-state index in [9.17, 15) is 8.42 Å². The summed E-state index contributed by atoms with van der Waals surface area (Å²) in [6.07, 6.45) is 42.1. The Balaban J connectivity index is 0. The normalized spacial score (nSPS) is 11.7. The molecule has 5 heteroatoms. The monoisotopic (exact) mass is 724 g/mol. The Hall–Kier alpha value is 1.48. The van der Waals surface area contributed by atoms with Gasteiger partial charge in [0.1, 0.15) is 0 Å². The maximum atomic E-state index is 12.1. The predicted octanol–water partition coefficient (Wildman–Crippen LogP) is 12.5. The Morgan fingerprint density at radius 1 is 0.341 bits per heavy atom. The van der Waals surface area contributed by atoms with Crippen LogP contribution in [0.5, 0.6) is 0 Å². The summed E-state index contributed by atoms with van der Waals surface area (Å²) in [5.74, 6) is 0.199. The van der Waals surface area contributed by atoms with Crippen LogP contribution in [0.15, 0.2) is 0 Å². The molecule has 0 aliphatic carbocycles. The molecule has 0 saturated heterocycles. The second kappa shape index (κ2) is 37.7. The van der Waals surface area contributed by atoms with Crippen LogP contribution in [-0.4, -0.2) is 69.7 Å². The van der Waals surface area contributed by atoms with Gasteiger partial charge >= 0.3 is 48.9 Å². The summed E-state index contributed by atoms with van der Waals surface area (Å²) in [4.78, 5) is 0. The van der Waals surface area contributed by atoms with Crippen molar-refractivity contribution in [3.8, 4) is 0 Å². The second-order valence-electron chi connectivity index (χ2n) is 12.7. The van der Waals surface area contributed by atoms with Crippen LogP contribution in [0.2, 0.25) is 0 Å². The maximum Gasteiger partial charge on any atom is 2.00 e. The van der Waals surface area contributed by atoms with E-state index in [1.54, 1.807) is 0 Å². The summed E-state index contributed by atoms with van der Waals surface area (Å²) in [6, 6.07) is 0. The molecule has 0 radical (unpaired) electrons. The Morgan fingerprint density at radius 2 is 0.561 bits per heavy atom. The van der Waals surface area contributed by atoms with Gasteiger partial charge in [0.2, 0.25) is 0 Å². The van der Waals surface area contributed by atoms with Gasteiger partial charge in [0.15, 0.2) is 0 Å². The molecular formula is C36H74BaO3S+2. The zero-order valence-electron chi connectivity index (χ0n) is 28.4. The third-order valence-corrected chi connectivity index (χ3v) is 9.82. The van der Waals surface area contributed by atoms with E-state index in [0.29, 0.717) is 6.61 Å². The van der Waals surface area contributed by atoms with E-state index in [1.807, 2.05) is 0 Å². The van der Waals surface area contributed by atoms with Crippen molar-refractivity contribution >= 4 is 59.0 Å². The van der Waals surface area contributed by atoms with Crippen LogP contribution in [0.1, 0.15) is 219 Å². The first-order valence-corrected chi connectivity index (χ1v) is 20.1. The van der Waals surface area contributed by atoms with Gasteiger partial charge in [0.25, 0.3) is 10.1 Å². The van der Waals surface area contributed by atoms with Gasteiger partial charge in [-0.05, 0) is 12.8 Å². The van der Waals surface area contributed by atoms with E-state index in [4.69, 9.17) is 4.18 Å². The number of hydrogen-bond acceptors (Lipinski definition) is 3. The molecule has 0 aliphatic heterocycles. The molecule has 0 saturated carbocycles. The summed E-state index contributed by atoms with van der Waals surface area (Å²) in [5.41, 5.74) is 0. The number of rotatable bonds is 35. The Labute approximate surface area is 300 Å². The fourth-order valence-electron chi connectivity index (χ4n) is 5.72. The third-order valence-electron chi connectivity index (χ3n) is 8.51. The van der Waals surface area contributed by atoms with Crippen LogP contribution in [0.4, 0.5) is 0 Å². The van der Waals surface area contributed by atoms with E-state index in [2.05, 4.69) is 13.8 Å². The van der Waals surface area contributed by atoms with Crippen LogP contribution in [0, 0.1) is 0 Å². The second-order valence-corrected chi connectivity index (χ2v) is 14.4. The van der Waals surface area contributed by atoms with Gasteiger partial charge in [-0.1, -0.05) is 206 Å². The van der Waals surface area contributed by atoms with Crippen molar-refractivity contribution in [2.45, 2.75) is 219 Å². The molecule has 0 amide bonds. The first-order valence-electron chi connectivity index (χ1n) is 18.5. The summed E-state index contributed by atoms with van der Waals surface area (Å²) in [6.45, 7) is 4.94. The van der Waals surface area contributed by atoms with Crippen LogP contribution >= 0.6 is 0 Å². The zero-order valence-corrected chi connectivity index (χ0v) is 33.6. The minimum atomic E-state index is -3.32. The molecule has 0 rings (SSSR count). The van der Waals surface area contributed by atoms with Crippen molar-refractivity contribution in [1.82, 2.24) is 0 Å². The first-order chi connectivity index (χ1) is 19.6. The molecule has 3 nitrogen and oxygen atoms in total. The molecule has 0 fully saturated rings. The summed E-state index contributed by atoms with van der Waals surface area (Å²) in [7, 11) is -3.32. The van der Waals surface area contributed by atoms with Gasteiger partial charge in [-0.15, -0.1) is 0 Å². The van der Waals surface area contributed by atoms with Gasteiger partial charge in [0, 0.05) is 0 Å². The van der Waals surface area contributed by atoms with Gasteiger partial charge in [-0.3, -0.25) is 4.18 Å². The van der Waals surface area contributed by atoms with Gasteiger partial charge in [-0.2, -0.15) is 8.42 Å². The van der Waals surface area contributed by atoms with Crippen molar-refractivity contribution in [1.29, 1.82) is 0 Å². The molecule has 0 aromatic rings. The zero-order chi connectivity index (χ0) is 29.2. The van der Waals surface area contributed by atoms with Gasteiger partial charge < -0.3 is 0 Å². The Kier molecular flexibility index (Phi) is 41.0. The van der Waals surface area contributed by atoms with E-state index in [1.165, 1.54) is 173 Å². The summed E-state index contributed by atoms with van der Waals surface area (Å²) in [5, 5.41) is 0. The molecule has 0 aromatic carbocycles. The average molecular weight is 724 g/mol. The van der Waals surface area contributed by atoms with Crippen molar-refractivity contribution in [3.05, 3.63) is 0 Å². The quantitative estimate of drug-likeness (QED) is 0.0371. The van der Waals surface area contributed by atoms with Crippen LogP contribution in [0.3, 0.4) is 0 Å². The molecule has 0 atom stereocenters. The molecule has 0 N–H and O–H groups in total. The molecule has 0 spiro atoms. The topological polar surface area (TPSA) is 43.4 Å². The predicted molar refractivity (Wildman–Crippen MR) is 185 cm³/mol. The van der Waals surface area contributed by atoms with Crippen molar-refractivity contribution < 1.29 is 12.6 Å².